The van der Waals surface area contributed by atoms with Gasteiger partial charge in [-0.05, 0) is 12.7 Å². The normalized spacial score (nSPS) is 21.8. The summed E-state index contributed by atoms with van der Waals surface area (Å²) in [5.41, 5.74) is 0.379. The fourth-order valence-corrected chi connectivity index (χ4v) is 4.87. The van der Waals surface area contributed by atoms with Crippen molar-refractivity contribution in [2.24, 2.45) is 0 Å². The number of rotatable bonds is 13. The molecule has 1 aliphatic heterocycles. The number of allylic oxidation sites excluding steroid dienone is 1. The molecule has 0 spiro atoms. The predicted molar refractivity (Wildman–Crippen MR) is 109 cm³/mol. The molecule has 1 saturated heterocycles. The van der Waals surface area contributed by atoms with Crippen LogP contribution in [0.4, 0.5) is 0 Å². The smallest absolute Gasteiger partial charge is 0.250 e. The lowest BCUT2D eigenvalue weighted by molar-refractivity contribution is -0.132. The average Bonchev–Trinajstić information content (AvgIpc) is 3.06. The molecule has 2 aliphatic rings. The van der Waals surface area contributed by atoms with Gasteiger partial charge in [-0.15, -0.1) is 0 Å². The number of sulfonamides is 1. The number of nitrogens with zero attached hydrogens (tertiary/aromatic N) is 1. The van der Waals surface area contributed by atoms with Crippen LogP contribution >= 0.6 is 11.8 Å². The molecule has 2 amide bonds. The van der Waals surface area contributed by atoms with Crippen molar-refractivity contribution in [3.05, 3.63) is 23.8 Å². The minimum atomic E-state index is -4.12. The lowest BCUT2D eigenvalue weighted by Crippen LogP contribution is -2.41. The third-order valence-corrected chi connectivity index (χ3v) is 7.02. The molecule has 12 heteroatoms. The zero-order valence-electron chi connectivity index (χ0n) is 16.6. The van der Waals surface area contributed by atoms with Crippen LogP contribution in [0.1, 0.15) is 19.3 Å². The van der Waals surface area contributed by atoms with E-state index in [4.69, 9.17) is 14.2 Å². The highest BCUT2D eigenvalue weighted by Gasteiger charge is 2.42. The van der Waals surface area contributed by atoms with Crippen LogP contribution in [-0.4, -0.2) is 91.0 Å². The standard InChI is InChI=1S/C18H27NO9S2/c1-29-12-17(22)27-10-8-26-9-11-28-18(23)13-2-4-14(5-3-13)30(24,25)19-15(20)6-7-16(19)21/h2-4,14,17-18,22-23H,5-12H2,1H3. The Morgan fingerprint density at radius 2 is 1.77 bits per heavy atom. The van der Waals surface area contributed by atoms with Crippen molar-refractivity contribution >= 4 is 33.6 Å². The first kappa shape index (κ1) is 25.0. The van der Waals surface area contributed by atoms with Gasteiger partial charge in [0.1, 0.15) is 5.25 Å². The second-order valence-electron chi connectivity index (χ2n) is 6.55. The van der Waals surface area contributed by atoms with Crippen LogP contribution in [0.2, 0.25) is 0 Å². The quantitative estimate of drug-likeness (QED) is 0.213. The van der Waals surface area contributed by atoms with Gasteiger partial charge < -0.3 is 24.4 Å². The minimum Gasteiger partial charge on any atom is -0.377 e. The largest absolute Gasteiger partial charge is 0.377 e. The molecule has 170 valence electrons. The molecule has 0 aromatic carbocycles. The van der Waals surface area contributed by atoms with Crippen LogP contribution in [0.25, 0.3) is 0 Å². The van der Waals surface area contributed by atoms with Crippen LogP contribution in [0.3, 0.4) is 0 Å². The van der Waals surface area contributed by atoms with Crippen molar-refractivity contribution in [2.75, 3.05) is 38.4 Å². The average molecular weight is 466 g/mol. The number of aliphatic hydroxyl groups is 2. The number of aliphatic hydroxyl groups excluding tert-OH is 2. The summed E-state index contributed by atoms with van der Waals surface area (Å²) in [4.78, 5) is 23.4. The van der Waals surface area contributed by atoms with Gasteiger partial charge in [0.15, 0.2) is 12.6 Å². The van der Waals surface area contributed by atoms with Crippen LogP contribution < -0.4 is 0 Å². The summed E-state index contributed by atoms with van der Waals surface area (Å²) in [6.07, 6.45) is 3.81. The van der Waals surface area contributed by atoms with Crippen LogP contribution in [0.5, 0.6) is 0 Å². The highest BCUT2D eigenvalue weighted by atomic mass is 32.2. The number of thioether (sulfide) groups is 1. The molecule has 0 bridgehead atoms. The number of ether oxygens (including phenoxy) is 3. The molecule has 1 aliphatic carbocycles. The van der Waals surface area contributed by atoms with E-state index in [-0.39, 0.29) is 45.7 Å². The monoisotopic (exact) mass is 465 g/mol. The summed E-state index contributed by atoms with van der Waals surface area (Å²) in [5, 5.41) is 18.4. The van der Waals surface area contributed by atoms with E-state index in [0.29, 0.717) is 15.6 Å². The summed E-state index contributed by atoms with van der Waals surface area (Å²) in [5.74, 6) is -0.948. The van der Waals surface area contributed by atoms with Gasteiger partial charge >= 0.3 is 0 Å². The minimum absolute atomic E-state index is 0.0118. The maximum Gasteiger partial charge on any atom is 0.250 e. The number of hydrogen-bond donors (Lipinski definition) is 2. The number of amides is 2. The molecule has 3 atom stereocenters. The summed E-state index contributed by atoms with van der Waals surface area (Å²) in [6, 6.07) is 0. The molecule has 10 nitrogen and oxygen atoms in total. The van der Waals surface area contributed by atoms with Crippen molar-refractivity contribution in [3.8, 4) is 0 Å². The predicted octanol–water partition coefficient (Wildman–Crippen LogP) is -0.230. The van der Waals surface area contributed by atoms with E-state index < -0.39 is 39.7 Å². The molecule has 0 radical (unpaired) electrons. The molecule has 2 N–H and O–H groups in total. The Kier molecular flexibility index (Phi) is 9.94. The molecule has 30 heavy (non-hydrogen) atoms. The van der Waals surface area contributed by atoms with Crippen molar-refractivity contribution in [1.29, 1.82) is 0 Å². The fourth-order valence-electron chi connectivity index (χ4n) is 2.85. The molecule has 0 aromatic rings. The Labute approximate surface area is 179 Å². The van der Waals surface area contributed by atoms with Gasteiger partial charge in [-0.25, -0.2) is 8.42 Å². The van der Waals surface area contributed by atoms with Gasteiger partial charge in [0.25, 0.3) is 10.0 Å². The first-order valence-electron chi connectivity index (χ1n) is 9.41. The van der Waals surface area contributed by atoms with Crippen molar-refractivity contribution in [3.63, 3.8) is 0 Å². The number of hydrogen-bond acceptors (Lipinski definition) is 10. The third kappa shape index (κ3) is 6.87. The molecule has 0 saturated carbocycles. The lowest BCUT2D eigenvalue weighted by atomic mass is 10.1. The van der Waals surface area contributed by atoms with Gasteiger partial charge in [-0.3, -0.25) is 9.59 Å². The lowest BCUT2D eigenvalue weighted by Gasteiger charge is -2.23. The number of carbonyl (C=O) groups is 2. The molecule has 1 fully saturated rings. The fraction of sp³-hybridized carbons (Fsp3) is 0.667. The van der Waals surface area contributed by atoms with Gasteiger partial charge in [0.05, 0.1) is 26.4 Å². The number of carbonyl (C=O) groups excluding carboxylic acids is 2. The van der Waals surface area contributed by atoms with Crippen LogP contribution in [0, 0.1) is 0 Å². The number of imide groups is 1. The van der Waals surface area contributed by atoms with Gasteiger partial charge in [0, 0.05) is 24.2 Å². The second-order valence-corrected chi connectivity index (χ2v) is 9.46. The Morgan fingerprint density at radius 1 is 1.13 bits per heavy atom. The van der Waals surface area contributed by atoms with E-state index in [2.05, 4.69) is 0 Å². The first-order chi connectivity index (χ1) is 14.3. The van der Waals surface area contributed by atoms with Crippen molar-refractivity contribution in [1.82, 2.24) is 4.31 Å². The molecule has 2 rings (SSSR count). The molecule has 3 unspecified atom stereocenters. The zero-order valence-corrected chi connectivity index (χ0v) is 18.3. The van der Waals surface area contributed by atoms with E-state index in [1.807, 2.05) is 6.26 Å². The molecular weight excluding hydrogens is 438 g/mol. The van der Waals surface area contributed by atoms with E-state index in [0.717, 1.165) is 0 Å². The SMILES string of the molecule is CSCC(O)OCCOCCOC(O)C1=CCC(S(=O)(=O)N2C(=O)CCC2=O)C=C1. The summed E-state index contributed by atoms with van der Waals surface area (Å²) in [7, 11) is -4.12. The van der Waals surface area contributed by atoms with Gasteiger partial charge in [-0.2, -0.15) is 16.1 Å². The van der Waals surface area contributed by atoms with Gasteiger partial charge in [-0.1, -0.05) is 18.2 Å². The third-order valence-electron chi connectivity index (χ3n) is 4.37. The topological polar surface area (TPSA) is 140 Å². The molecule has 0 aromatic heterocycles. The van der Waals surface area contributed by atoms with Crippen LogP contribution in [-0.2, 0) is 33.8 Å². The summed E-state index contributed by atoms with van der Waals surface area (Å²) in [6.45, 7) is 0.793. The van der Waals surface area contributed by atoms with Crippen molar-refractivity contribution in [2.45, 2.75) is 37.1 Å². The highest BCUT2D eigenvalue weighted by Crippen LogP contribution is 2.26. The Morgan fingerprint density at radius 3 is 2.33 bits per heavy atom. The zero-order chi connectivity index (χ0) is 22.1. The summed E-state index contributed by atoms with van der Waals surface area (Å²) >= 11 is 1.47. The maximum absolute atomic E-state index is 12.5. The molecular formula is C18H27NO9S2. The highest BCUT2D eigenvalue weighted by molar-refractivity contribution is 7.98. The first-order valence-corrected chi connectivity index (χ1v) is 12.3. The van der Waals surface area contributed by atoms with E-state index >= 15 is 0 Å². The van der Waals surface area contributed by atoms with Gasteiger partial charge in [0.2, 0.25) is 11.8 Å². The summed E-state index contributed by atoms with van der Waals surface area (Å²) < 4.78 is 41.0. The van der Waals surface area contributed by atoms with E-state index in [9.17, 15) is 28.2 Å². The molecule has 1 heterocycles. The van der Waals surface area contributed by atoms with E-state index in [1.165, 1.54) is 30.0 Å². The van der Waals surface area contributed by atoms with Crippen LogP contribution in [0.15, 0.2) is 23.8 Å². The Bertz CT molecular complexity index is 750. The maximum atomic E-state index is 12.5. The Balaban J connectivity index is 1.70. The van der Waals surface area contributed by atoms with E-state index in [1.54, 1.807) is 0 Å². The Hall–Kier alpha value is -1.28. The second kappa shape index (κ2) is 11.9. The van der Waals surface area contributed by atoms with Crippen molar-refractivity contribution < 1.29 is 42.4 Å².